The maximum absolute atomic E-state index is 13.2. The van der Waals surface area contributed by atoms with E-state index in [-0.39, 0.29) is 11.4 Å². The number of nitrogens with one attached hydrogen (secondary N) is 1. The highest BCUT2D eigenvalue weighted by atomic mass is 16.3. The lowest BCUT2D eigenvalue weighted by atomic mass is 9.63. The van der Waals surface area contributed by atoms with E-state index in [2.05, 4.69) is 51.5 Å². The average molecular weight is 474 g/mol. The number of nitrogens with zero attached hydrogens (tertiary/aromatic N) is 4. The summed E-state index contributed by atoms with van der Waals surface area (Å²) in [6, 6.07) is 8.85. The van der Waals surface area contributed by atoms with E-state index in [1.54, 1.807) is 10.7 Å². The van der Waals surface area contributed by atoms with Crippen LogP contribution >= 0.6 is 0 Å². The van der Waals surface area contributed by atoms with Crippen molar-refractivity contribution >= 4 is 11.6 Å². The van der Waals surface area contributed by atoms with Crippen LogP contribution in [0.1, 0.15) is 80.1 Å². The van der Waals surface area contributed by atoms with Gasteiger partial charge in [-0.25, -0.2) is 9.50 Å². The molecule has 1 aromatic carbocycles. The van der Waals surface area contributed by atoms with E-state index in [0.29, 0.717) is 17.1 Å². The number of benzene rings is 1. The molecular formula is C28H35N5O2. The van der Waals surface area contributed by atoms with Crippen molar-refractivity contribution in [2.24, 2.45) is 0 Å². The van der Waals surface area contributed by atoms with E-state index in [4.69, 9.17) is 0 Å². The quantitative estimate of drug-likeness (QED) is 0.581. The van der Waals surface area contributed by atoms with E-state index in [1.165, 1.54) is 31.5 Å². The highest BCUT2D eigenvalue weighted by Crippen LogP contribution is 2.46. The van der Waals surface area contributed by atoms with Gasteiger partial charge in [0.1, 0.15) is 5.56 Å². The molecule has 4 fully saturated rings. The zero-order valence-electron chi connectivity index (χ0n) is 20.5. The summed E-state index contributed by atoms with van der Waals surface area (Å²) in [5.41, 5.74) is 3.87. The lowest BCUT2D eigenvalue weighted by Crippen LogP contribution is -2.58. The molecular weight excluding hydrogens is 438 g/mol. The smallest absolute Gasteiger partial charge is 0.257 e. The van der Waals surface area contributed by atoms with Crippen molar-refractivity contribution in [1.82, 2.24) is 24.8 Å². The third-order valence-corrected chi connectivity index (χ3v) is 8.94. The van der Waals surface area contributed by atoms with E-state index in [1.807, 2.05) is 12.4 Å². The molecule has 1 amide bonds. The molecule has 0 atom stereocenters. The lowest BCUT2D eigenvalue weighted by Gasteiger charge is -2.51. The molecule has 4 aliphatic rings. The van der Waals surface area contributed by atoms with Crippen molar-refractivity contribution in [3.63, 3.8) is 0 Å². The molecule has 7 heteroatoms. The number of likely N-dealkylation sites (tertiary alicyclic amines) is 1. The first-order chi connectivity index (χ1) is 17.0. The number of aromatic nitrogens is 3. The van der Waals surface area contributed by atoms with Crippen molar-refractivity contribution < 1.29 is 9.90 Å². The van der Waals surface area contributed by atoms with E-state index in [9.17, 15) is 9.90 Å². The summed E-state index contributed by atoms with van der Waals surface area (Å²) < 4.78 is 1.71. The number of aliphatic hydroxyl groups is 1. The van der Waals surface area contributed by atoms with Gasteiger partial charge in [0, 0.05) is 23.5 Å². The Bertz CT molecular complexity index is 1200. The van der Waals surface area contributed by atoms with Crippen molar-refractivity contribution in [2.45, 2.75) is 75.3 Å². The van der Waals surface area contributed by atoms with Gasteiger partial charge in [0.15, 0.2) is 5.65 Å². The number of carbonyl (C=O) groups excluding carboxylic acids is 1. The standard InChI is InChI=1S/C28H35N5O2/c1-2-32-15-7-22(8-16-32)20-3-5-21(6-4-20)23-17-29-25-24(18-30-33(25)19-23)26(34)31-27-9-12-28(35,13-10-27)14-11-27/h3-6,17-19,22,35H,2,7-16H2,1H3,(H,31,34). The Morgan fingerprint density at radius 1 is 1.03 bits per heavy atom. The van der Waals surface area contributed by atoms with Gasteiger partial charge in [-0.3, -0.25) is 4.79 Å². The first-order valence-electron chi connectivity index (χ1n) is 13.2. The molecule has 2 N–H and O–H groups in total. The predicted octanol–water partition coefficient (Wildman–Crippen LogP) is 4.16. The molecule has 184 valence electrons. The van der Waals surface area contributed by atoms with Crippen LogP contribution in [0.4, 0.5) is 0 Å². The minimum absolute atomic E-state index is 0.119. The summed E-state index contributed by atoms with van der Waals surface area (Å²) in [4.78, 5) is 20.3. The molecule has 0 spiro atoms. The largest absolute Gasteiger partial charge is 0.390 e. The Hall–Kier alpha value is -2.77. The Labute approximate surface area is 206 Å². The molecule has 2 bridgehead atoms. The molecule has 1 saturated heterocycles. The minimum atomic E-state index is -0.514. The van der Waals surface area contributed by atoms with Crippen LogP contribution in [0.15, 0.2) is 42.9 Å². The Balaban J connectivity index is 1.17. The molecule has 0 unspecified atom stereocenters. The zero-order chi connectivity index (χ0) is 24.0. The SMILES string of the molecule is CCN1CCC(c2ccc(-c3cnc4c(C(=O)NC56CCC(O)(CC5)CC6)cnn4c3)cc2)CC1. The van der Waals surface area contributed by atoms with E-state index >= 15 is 0 Å². The van der Waals surface area contributed by atoms with Crippen LogP contribution < -0.4 is 5.32 Å². The van der Waals surface area contributed by atoms with Gasteiger partial charge in [-0.2, -0.15) is 5.10 Å². The van der Waals surface area contributed by atoms with Crippen LogP contribution in [0.2, 0.25) is 0 Å². The van der Waals surface area contributed by atoms with Crippen molar-refractivity contribution in [1.29, 1.82) is 0 Å². The Morgan fingerprint density at radius 2 is 1.71 bits per heavy atom. The van der Waals surface area contributed by atoms with Gasteiger partial charge in [0.2, 0.25) is 0 Å². The highest BCUT2D eigenvalue weighted by Gasteiger charge is 2.48. The summed E-state index contributed by atoms with van der Waals surface area (Å²) in [6.07, 6.45) is 12.6. The van der Waals surface area contributed by atoms with Crippen molar-refractivity contribution in [3.05, 3.63) is 54.0 Å². The molecule has 3 aliphatic carbocycles. The topological polar surface area (TPSA) is 82.8 Å². The maximum atomic E-state index is 13.2. The number of rotatable bonds is 5. The van der Waals surface area contributed by atoms with Gasteiger partial charge in [0.25, 0.3) is 5.91 Å². The highest BCUT2D eigenvalue weighted by molar-refractivity contribution is 6.00. The van der Waals surface area contributed by atoms with E-state index in [0.717, 1.165) is 56.2 Å². The molecule has 1 aliphatic heterocycles. The second-order valence-corrected chi connectivity index (χ2v) is 11.0. The summed E-state index contributed by atoms with van der Waals surface area (Å²) in [6.45, 7) is 5.74. The fourth-order valence-electron chi connectivity index (χ4n) is 6.38. The first kappa shape index (κ1) is 22.7. The summed E-state index contributed by atoms with van der Waals surface area (Å²) in [5.74, 6) is 0.521. The molecule has 3 heterocycles. The fourth-order valence-corrected chi connectivity index (χ4v) is 6.38. The van der Waals surface area contributed by atoms with Gasteiger partial charge in [-0.05, 0) is 88.0 Å². The molecule has 0 radical (unpaired) electrons. The third kappa shape index (κ3) is 4.25. The van der Waals surface area contributed by atoms with Gasteiger partial charge in [0.05, 0.1) is 11.8 Å². The first-order valence-corrected chi connectivity index (χ1v) is 13.2. The lowest BCUT2D eigenvalue weighted by molar-refractivity contribution is -0.0702. The third-order valence-electron chi connectivity index (χ3n) is 8.94. The Kier molecular flexibility index (Phi) is 5.65. The average Bonchev–Trinajstić information content (AvgIpc) is 3.33. The number of hydrogen-bond acceptors (Lipinski definition) is 5. The summed E-state index contributed by atoms with van der Waals surface area (Å²) in [5, 5.41) is 18.2. The molecule has 7 nitrogen and oxygen atoms in total. The summed E-state index contributed by atoms with van der Waals surface area (Å²) >= 11 is 0. The fraction of sp³-hybridized carbons (Fsp3) is 0.536. The predicted molar refractivity (Wildman–Crippen MR) is 135 cm³/mol. The van der Waals surface area contributed by atoms with Crippen LogP contribution in [0, 0.1) is 0 Å². The number of carbonyl (C=O) groups is 1. The van der Waals surface area contributed by atoms with Crippen molar-refractivity contribution in [3.8, 4) is 11.1 Å². The molecule has 7 rings (SSSR count). The second-order valence-electron chi connectivity index (χ2n) is 11.0. The van der Waals surface area contributed by atoms with Crippen molar-refractivity contribution in [2.75, 3.05) is 19.6 Å². The van der Waals surface area contributed by atoms with Crippen LogP contribution in [0.5, 0.6) is 0 Å². The molecule has 35 heavy (non-hydrogen) atoms. The number of fused-ring (bicyclic) bond motifs is 4. The van der Waals surface area contributed by atoms with Gasteiger partial charge >= 0.3 is 0 Å². The van der Waals surface area contributed by atoms with Gasteiger partial charge in [-0.1, -0.05) is 31.2 Å². The van der Waals surface area contributed by atoms with E-state index < -0.39 is 5.60 Å². The van der Waals surface area contributed by atoms with Crippen LogP contribution in [-0.4, -0.2) is 61.3 Å². The molecule has 2 aromatic heterocycles. The van der Waals surface area contributed by atoms with Gasteiger partial charge in [-0.15, -0.1) is 0 Å². The Morgan fingerprint density at radius 3 is 2.37 bits per heavy atom. The number of hydrogen-bond donors (Lipinski definition) is 2. The monoisotopic (exact) mass is 473 g/mol. The maximum Gasteiger partial charge on any atom is 0.257 e. The summed E-state index contributed by atoms with van der Waals surface area (Å²) in [7, 11) is 0. The zero-order valence-corrected chi connectivity index (χ0v) is 20.5. The van der Waals surface area contributed by atoms with Gasteiger partial charge < -0.3 is 15.3 Å². The van der Waals surface area contributed by atoms with Crippen LogP contribution in [0.25, 0.3) is 16.8 Å². The minimum Gasteiger partial charge on any atom is -0.390 e. The normalized spacial score (nSPS) is 27.4. The van der Waals surface area contributed by atoms with Crippen LogP contribution in [0.3, 0.4) is 0 Å². The molecule has 3 saturated carbocycles. The number of amides is 1. The molecule has 3 aromatic rings. The van der Waals surface area contributed by atoms with Crippen LogP contribution in [-0.2, 0) is 0 Å². The second kappa shape index (κ2) is 8.71. The number of piperidine rings is 1.